The molecule has 2 aromatic carbocycles. The third-order valence-corrected chi connectivity index (χ3v) is 5.51. The summed E-state index contributed by atoms with van der Waals surface area (Å²) in [6.07, 6.45) is 10.1. The van der Waals surface area contributed by atoms with Crippen molar-refractivity contribution >= 4 is 34.7 Å². The van der Waals surface area contributed by atoms with Crippen molar-refractivity contribution in [2.45, 2.75) is 25.4 Å². The van der Waals surface area contributed by atoms with E-state index < -0.39 is 0 Å². The highest BCUT2D eigenvalue weighted by molar-refractivity contribution is 6.10. The maximum Gasteiger partial charge on any atom is 0.164 e. The number of aromatic nitrogens is 1. The molecule has 2 heterocycles. The summed E-state index contributed by atoms with van der Waals surface area (Å²) in [5.74, 6) is 0.744. The average molecular weight is 446 g/mol. The topological polar surface area (TPSA) is 66.8 Å². The lowest BCUT2D eigenvalue weighted by Gasteiger charge is -2.13. The highest BCUT2D eigenvalue weighted by atomic mass is 16.5. The zero-order valence-corrected chi connectivity index (χ0v) is 18.6. The Balaban J connectivity index is 1.32. The Labute approximate surface area is 193 Å². The monoisotopic (exact) mass is 445 g/mol. The number of rotatable bonds is 10. The molecule has 3 aromatic rings. The Morgan fingerprint density at radius 1 is 1.12 bits per heavy atom. The fraction of sp³-hybridized carbons (Fsp3) is 0.259. The van der Waals surface area contributed by atoms with Gasteiger partial charge in [0.2, 0.25) is 0 Å². The van der Waals surface area contributed by atoms with Gasteiger partial charge in [-0.1, -0.05) is 18.2 Å². The molecule has 1 saturated heterocycles. The molecule has 1 fully saturated rings. The predicted octanol–water partition coefficient (Wildman–Crippen LogP) is 4.92. The number of methoxy groups -OCH3 is 1. The summed E-state index contributed by atoms with van der Waals surface area (Å²) < 4.78 is 18.7. The van der Waals surface area contributed by atoms with E-state index in [1.807, 2.05) is 53.2 Å². The van der Waals surface area contributed by atoms with Gasteiger partial charge in [-0.2, -0.15) is 0 Å². The van der Waals surface area contributed by atoms with Crippen LogP contribution in [0.25, 0.3) is 23.2 Å². The van der Waals surface area contributed by atoms with Crippen molar-refractivity contribution in [3.8, 4) is 11.5 Å². The summed E-state index contributed by atoms with van der Waals surface area (Å²) in [6, 6.07) is 15.3. The lowest BCUT2D eigenvalue weighted by atomic mass is 10.1. The fourth-order valence-corrected chi connectivity index (χ4v) is 3.75. The number of fused-ring (bicyclic) bond motifs is 1. The number of hydrogen-bond acceptors (Lipinski definition) is 5. The fourth-order valence-electron chi connectivity index (χ4n) is 3.75. The van der Waals surface area contributed by atoms with Crippen LogP contribution in [-0.4, -0.2) is 42.6 Å². The van der Waals surface area contributed by atoms with E-state index >= 15 is 0 Å². The van der Waals surface area contributed by atoms with Gasteiger partial charge >= 0.3 is 0 Å². The van der Waals surface area contributed by atoms with Crippen molar-refractivity contribution < 1.29 is 23.8 Å². The molecule has 0 bridgehead atoms. The van der Waals surface area contributed by atoms with Crippen LogP contribution in [-0.2, 0) is 14.3 Å². The molecule has 1 atom stereocenters. The van der Waals surface area contributed by atoms with Crippen molar-refractivity contribution in [1.82, 2.24) is 4.57 Å². The molecule has 0 aliphatic carbocycles. The van der Waals surface area contributed by atoms with Gasteiger partial charge in [-0.3, -0.25) is 9.59 Å². The standard InChI is InChI=1S/C27H27NO5/c1-31-27-18-24(33-19-25-6-4-16-32-25)11-9-21(27)8-10-22(29)17-23(30)13-15-28-14-12-20-5-2-3-7-26(20)28/h2-3,5,7-15,18,25H,4,6,16-17,19H2,1H3/b10-8+,15-13+. The number of carbonyl (C=O) groups is 2. The van der Waals surface area contributed by atoms with E-state index in [0.29, 0.717) is 18.1 Å². The van der Waals surface area contributed by atoms with Crippen LogP contribution in [0.5, 0.6) is 11.5 Å². The van der Waals surface area contributed by atoms with Crippen LogP contribution >= 0.6 is 0 Å². The third kappa shape index (κ3) is 5.99. The first-order valence-corrected chi connectivity index (χ1v) is 11.0. The van der Waals surface area contributed by atoms with Gasteiger partial charge in [-0.15, -0.1) is 0 Å². The molecule has 0 radical (unpaired) electrons. The first-order chi connectivity index (χ1) is 16.1. The average Bonchev–Trinajstić information content (AvgIpc) is 3.50. The van der Waals surface area contributed by atoms with E-state index in [2.05, 4.69) is 0 Å². The molecule has 0 N–H and O–H groups in total. The number of ketones is 2. The number of para-hydroxylation sites is 1. The number of benzene rings is 2. The summed E-state index contributed by atoms with van der Waals surface area (Å²) in [7, 11) is 1.57. The molecule has 6 nitrogen and oxygen atoms in total. The second kappa shape index (κ2) is 10.8. The van der Waals surface area contributed by atoms with Gasteiger partial charge in [-0.25, -0.2) is 0 Å². The van der Waals surface area contributed by atoms with Crippen molar-refractivity contribution in [2.24, 2.45) is 0 Å². The van der Waals surface area contributed by atoms with Crippen LogP contribution < -0.4 is 9.47 Å². The zero-order valence-electron chi connectivity index (χ0n) is 18.6. The zero-order chi connectivity index (χ0) is 23.0. The quantitative estimate of drug-likeness (QED) is 0.327. The van der Waals surface area contributed by atoms with Gasteiger partial charge in [0.05, 0.1) is 25.2 Å². The summed E-state index contributed by atoms with van der Waals surface area (Å²) >= 11 is 0. The first-order valence-electron chi connectivity index (χ1n) is 11.0. The van der Waals surface area contributed by atoms with E-state index in [0.717, 1.165) is 35.9 Å². The highest BCUT2D eigenvalue weighted by Crippen LogP contribution is 2.26. The van der Waals surface area contributed by atoms with Crippen molar-refractivity contribution in [3.63, 3.8) is 0 Å². The van der Waals surface area contributed by atoms with Gasteiger partial charge in [0, 0.05) is 30.6 Å². The largest absolute Gasteiger partial charge is 0.496 e. The maximum atomic E-state index is 12.3. The van der Waals surface area contributed by atoms with Crippen LogP contribution in [0.15, 0.2) is 66.9 Å². The third-order valence-electron chi connectivity index (χ3n) is 5.51. The molecule has 170 valence electrons. The molecule has 6 heteroatoms. The summed E-state index contributed by atoms with van der Waals surface area (Å²) in [5, 5.41) is 1.09. The number of hydrogen-bond donors (Lipinski definition) is 0. The molecule has 0 saturated carbocycles. The van der Waals surface area contributed by atoms with Crippen molar-refractivity contribution in [3.05, 3.63) is 72.4 Å². The smallest absolute Gasteiger partial charge is 0.164 e. The predicted molar refractivity (Wildman–Crippen MR) is 128 cm³/mol. The SMILES string of the molecule is COc1cc(OCC2CCCO2)ccc1/C=C/C(=O)CC(=O)/C=C/n1ccc2ccccc21. The maximum absolute atomic E-state index is 12.3. The molecule has 0 spiro atoms. The summed E-state index contributed by atoms with van der Waals surface area (Å²) in [4.78, 5) is 24.5. The minimum atomic E-state index is -0.275. The van der Waals surface area contributed by atoms with Crippen LogP contribution in [0, 0.1) is 0 Å². The molecule has 0 amide bonds. The Hall–Kier alpha value is -3.64. The molecule has 33 heavy (non-hydrogen) atoms. The molecule has 1 aromatic heterocycles. The number of nitrogens with zero attached hydrogens (tertiary/aromatic N) is 1. The van der Waals surface area contributed by atoms with Crippen LogP contribution in [0.1, 0.15) is 24.8 Å². The van der Waals surface area contributed by atoms with Gasteiger partial charge in [0.25, 0.3) is 0 Å². The minimum absolute atomic E-state index is 0.135. The van der Waals surface area contributed by atoms with Crippen molar-refractivity contribution in [1.29, 1.82) is 0 Å². The van der Waals surface area contributed by atoms with Gasteiger partial charge in [0.1, 0.15) is 18.1 Å². The van der Waals surface area contributed by atoms with Crippen LogP contribution in [0.2, 0.25) is 0 Å². The molecule has 1 aliphatic heterocycles. The Morgan fingerprint density at radius 3 is 2.79 bits per heavy atom. The molecular weight excluding hydrogens is 418 g/mol. The number of allylic oxidation sites excluding steroid dienone is 2. The normalized spacial score (nSPS) is 16.1. The lowest BCUT2D eigenvalue weighted by Crippen LogP contribution is -2.16. The molecule has 4 rings (SSSR count). The molecular formula is C27H27NO5. The minimum Gasteiger partial charge on any atom is -0.496 e. The highest BCUT2D eigenvalue weighted by Gasteiger charge is 2.16. The van der Waals surface area contributed by atoms with E-state index in [1.165, 1.54) is 12.2 Å². The number of ether oxygens (including phenoxy) is 3. The Kier molecular flexibility index (Phi) is 7.37. The van der Waals surface area contributed by atoms with E-state index in [9.17, 15) is 9.59 Å². The molecule has 1 aliphatic rings. The second-order valence-corrected chi connectivity index (χ2v) is 7.89. The number of carbonyl (C=O) groups excluding carboxylic acids is 2. The van der Waals surface area contributed by atoms with E-state index in [1.54, 1.807) is 25.5 Å². The van der Waals surface area contributed by atoms with E-state index in [4.69, 9.17) is 14.2 Å². The van der Waals surface area contributed by atoms with Crippen LogP contribution in [0.4, 0.5) is 0 Å². The summed E-state index contributed by atoms with van der Waals surface area (Å²) in [6.45, 7) is 1.29. The first kappa shape index (κ1) is 22.6. The Morgan fingerprint density at radius 2 is 1.97 bits per heavy atom. The summed E-state index contributed by atoms with van der Waals surface area (Å²) in [5.41, 5.74) is 1.74. The van der Waals surface area contributed by atoms with E-state index in [-0.39, 0.29) is 24.1 Å². The Bertz CT molecular complexity index is 1180. The lowest BCUT2D eigenvalue weighted by molar-refractivity contribution is -0.121. The molecule has 1 unspecified atom stereocenters. The van der Waals surface area contributed by atoms with Gasteiger partial charge in [0.15, 0.2) is 11.6 Å². The second-order valence-electron chi connectivity index (χ2n) is 7.89. The van der Waals surface area contributed by atoms with Crippen LogP contribution in [0.3, 0.4) is 0 Å². The van der Waals surface area contributed by atoms with Crippen molar-refractivity contribution in [2.75, 3.05) is 20.3 Å². The van der Waals surface area contributed by atoms with Gasteiger partial charge in [-0.05, 0) is 60.7 Å². The van der Waals surface area contributed by atoms with Gasteiger partial charge < -0.3 is 18.8 Å².